The predicted molar refractivity (Wildman–Crippen MR) is 74.7 cm³/mol. The van der Waals surface area contributed by atoms with Crippen LogP contribution in [0.4, 0.5) is 0 Å². The Morgan fingerprint density at radius 3 is 2.72 bits per heavy atom. The van der Waals surface area contributed by atoms with Gasteiger partial charge in [0.25, 0.3) is 0 Å². The molecule has 4 heteroatoms. The van der Waals surface area contributed by atoms with E-state index in [4.69, 9.17) is 9.15 Å². The van der Waals surface area contributed by atoms with Gasteiger partial charge in [-0.2, -0.15) is 0 Å². The monoisotopic (exact) mass is 309 g/mol. The number of aryl methyl sites for hydroxylation is 1. The van der Waals surface area contributed by atoms with Crippen molar-refractivity contribution in [3.63, 3.8) is 0 Å². The minimum absolute atomic E-state index is 0.436. The number of hydrogen-bond acceptors (Lipinski definition) is 3. The van der Waals surface area contributed by atoms with Crippen LogP contribution < -0.4 is 10.1 Å². The molecule has 0 fully saturated rings. The van der Waals surface area contributed by atoms with Gasteiger partial charge in [0.2, 0.25) is 0 Å². The third-order valence-electron chi connectivity index (χ3n) is 2.53. The second kappa shape index (κ2) is 6.07. The van der Waals surface area contributed by atoms with Crippen molar-refractivity contribution in [2.24, 2.45) is 0 Å². The number of rotatable bonds is 5. The van der Waals surface area contributed by atoms with Crippen LogP contribution in [-0.2, 0) is 13.2 Å². The number of furan rings is 1. The van der Waals surface area contributed by atoms with Crippen LogP contribution in [0, 0.1) is 6.92 Å². The third-order valence-corrected chi connectivity index (χ3v) is 3.15. The fourth-order valence-corrected chi connectivity index (χ4v) is 2.25. The summed E-state index contributed by atoms with van der Waals surface area (Å²) in [6, 6.07) is 9.91. The van der Waals surface area contributed by atoms with E-state index in [1.807, 2.05) is 44.3 Å². The molecule has 1 aromatic carbocycles. The van der Waals surface area contributed by atoms with Gasteiger partial charge < -0.3 is 14.5 Å². The largest absolute Gasteiger partial charge is 0.484 e. The number of ether oxygens (including phenoxy) is 1. The van der Waals surface area contributed by atoms with Crippen molar-refractivity contribution in [1.29, 1.82) is 0 Å². The quantitative estimate of drug-likeness (QED) is 0.915. The van der Waals surface area contributed by atoms with E-state index in [-0.39, 0.29) is 0 Å². The lowest BCUT2D eigenvalue weighted by Gasteiger charge is -2.07. The Balaban J connectivity index is 1.97. The zero-order chi connectivity index (χ0) is 13.0. The normalized spacial score (nSPS) is 10.6. The lowest BCUT2D eigenvalue weighted by atomic mass is 10.2. The smallest absolute Gasteiger partial charge is 0.146 e. The molecule has 0 amide bonds. The molecule has 96 valence electrons. The molecule has 0 aliphatic heterocycles. The molecule has 0 aliphatic rings. The minimum atomic E-state index is 0.436. The first-order valence-electron chi connectivity index (χ1n) is 5.80. The van der Waals surface area contributed by atoms with Crippen molar-refractivity contribution >= 4 is 15.9 Å². The SMILES string of the molecule is CNCc1ccc(COc2ccc(C)cc2Br)o1. The summed E-state index contributed by atoms with van der Waals surface area (Å²) in [5.41, 5.74) is 1.20. The summed E-state index contributed by atoms with van der Waals surface area (Å²) in [4.78, 5) is 0. The van der Waals surface area contributed by atoms with Crippen LogP contribution >= 0.6 is 15.9 Å². The first-order valence-corrected chi connectivity index (χ1v) is 6.59. The van der Waals surface area contributed by atoms with Crippen molar-refractivity contribution in [1.82, 2.24) is 5.32 Å². The maximum atomic E-state index is 5.71. The van der Waals surface area contributed by atoms with Gasteiger partial charge in [0.1, 0.15) is 23.9 Å². The van der Waals surface area contributed by atoms with Crippen molar-refractivity contribution in [2.75, 3.05) is 7.05 Å². The summed E-state index contributed by atoms with van der Waals surface area (Å²) in [6.45, 7) is 3.21. The highest BCUT2D eigenvalue weighted by molar-refractivity contribution is 9.10. The average Bonchev–Trinajstić information content (AvgIpc) is 2.76. The van der Waals surface area contributed by atoms with Crippen LogP contribution in [0.5, 0.6) is 5.75 Å². The number of benzene rings is 1. The van der Waals surface area contributed by atoms with E-state index < -0.39 is 0 Å². The second-order valence-corrected chi connectivity index (χ2v) is 4.98. The fourth-order valence-electron chi connectivity index (χ4n) is 1.64. The zero-order valence-electron chi connectivity index (χ0n) is 10.5. The Hall–Kier alpha value is -1.26. The first kappa shape index (κ1) is 13.2. The van der Waals surface area contributed by atoms with Crippen molar-refractivity contribution in [3.8, 4) is 5.75 Å². The van der Waals surface area contributed by atoms with Gasteiger partial charge in [-0.15, -0.1) is 0 Å². The van der Waals surface area contributed by atoms with Gasteiger partial charge in [-0.3, -0.25) is 0 Å². The van der Waals surface area contributed by atoms with Gasteiger partial charge in [-0.05, 0) is 59.7 Å². The van der Waals surface area contributed by atoms with E-state index in [0.29, 0.717) is 6.61 Å². The van der Waals surface area contributed by atoms with E-state index >= 15 is 0 Å². The van der Waals surface area contributed by atoms with E-state index in [1.54, 1.807) is 0 Å². The highest BCUT2D eigenvalue weighted by atomic mass is 79.9. The number of hydrogen-bond donors (Lipinski definition) is 1. The second-order valence-electron chi connectivity index (χ2n) is 4.12. The lowest BCUT2D eigenvalue weighted by Crippen LogP contribution is -2.03. The molecule has 0 unspecified atom stereocenters. The van der Waals surface area contributed by atoms with E-state index in [0.717, 1.165) is 28.3 Å². The molecule has 1 N–H and O–H groups in total. The molecule has 0 bridgehead atoms. The summed E-state index contributed by atoms with van der Waals surface area (Å²) < 4.78 is 12.3. The summed E-state index contributed by atoms with van der Waals surface area (Å²) in [7, 11) is 1.89. The Bertz CT molecular complexity index is 522. The van der Waals surface area contributed by atoms with E-state index in [9.17, 15) is 0 Å². The molecule has 2 rings (SSSR count). The zero-order valence-corrected chi connectivity index (χ0v) is 12.1. The molecule has 0 aliphatic carbocycles. The highest BCUT2D eigenvalue weighted by Crippen LogP contribution is 2.26. The molecular formula is C14H16BrNO2. The van der Waals surface area contributed by atoms with Gasteiger partial charge in [0.05, 0.1) is 11.0 Å². The Morgan fingerprint density at radius 1 is 1.22 bits per heavy atom. The van der Waals surface area contributed by atoms with Gasteiger partial charge in [0, 0.05) is 0 Å². The molecule has 18 heavy (non-hydrogen) atoms. The minimum Gasteiger partial charge on any atom is -0.484 e. The molecule has 0 spiro atoms. The summed E-state index contributed by atoms with van der Waals surface area (Å²) >= 11 is 3.49. The Kier molecular flexibility index (Phi) is 4.44. The molecule has 1 heterocycles. The van der Waals surface area contributed by atoms with Crippen LogP contribution in [-0.4, -0.2) is 7.05 Å². The van der Waals surface area contributed by atoms with Crippen molar-refractivity contribution in [3.05, 3.63) is 51.9 Å². The standard InChI is InChI=1S/C14H16BrNO2/c1-10-3-6-14(13(15)7-10)17-9-12-5-4-11(18-12)8-16-2/h3-7,16H,8-9H2,1-2H3. The van der Waals surface area contributed by atoms with Crippen molar-refractivity contribution in [2.45, 2.75) is 20.1 Å². The Morgan fingerprint density at radius 2 is 2.00 bits per heavy atom. The maximum absolute atomic E-state index is 5.71. The predicted octanol–water partition coefficient (Wildman–Crippen LogP) is 3.65. The van der Waals surface area contributed by atoms with Gasteiger partial charge in [0.15, 0.2) is 0 Å². The highest BCUT2D eigenvalue weighted by Gasteiger charge is 2.05. The molecule has 1 aromatic heterocycles. The summed E-state index contributed by atoms with van der Waals surface area (Å²) in [5.74, 6) is 2.57. The molecule has 0 saturated heterocycles. The van der Waals surface area contributed by atoms with Gasteiger partial charge >= 0.3 is 0 Å². The van der Waals surface area contributed by atoms with E-state index in [1.165, 1.54) is 5.56 Å². The number of halogens is 1. The molecule has 2 aromatic rings. The molecule has 0 radical (unpaired) electrons. The first-order chi connectivity index (χ1) is 8.69. The molecule has 3 nitrogen and oxygen atoms in total. The molecule has 0 atom stereocenters. The fraction of sp³-hybridized carbons (Fsp3) is 0.286. The number of nitrogens with one attached hydrogen (secondary N) is 1. The van der Waals surface area contributed by atoms with Crippen molar-refractivity contribution < 1.29 is 9.15 Å². The summed E-state index contributed by atoms with van der Waals surface area (Å²) in [5, 5.41) is 3.04. The molecular weight excluding hydrogens is 294 g/mol. The van der Waals surface area contributed by atoms with Crippen LogP contribution in [0.2, 0.25) is 0 Å². The van der Waals surface area contributed by atoms with Crippen LogP contribution in [0.3, 0.4) is 0 Å². The third kappa shape index (κ3) is 3.37. The van der Waals surface area contributed by atoms with Gasteiger partial charge in [-0.25, -0.2) is 0 Å². The Labute approximate surface area is 115 Å². The maximum Gasteiger partial charge on any atom is 0.146 e. The molecule has 0 saturated carbocycles. The van der Waals surface area contributed by atoms with Crippen LogP contribution in [0.15, 0.2) is 39.2 Å². The summed E-state index contributed by atoms with van der Waals surface area (Å²) in [6.07, 6.45) is 0. The van der Waals surface area contributed by atoms with Crippen LogP contribution in [0.1, 0.15) is 17.1 Å². The lowest BCUT2D eigenvalue weighted by molar-refractivity contribution is 0.264. The van der Waals surface area contributed by atoms with Gasteiger partial charge in [-0.1, -0.05) is 6.07 Å². The van der Waals surface area contributed by atoms with Crippen LogP contribution in [0.25, 0.3) is 0 Å². The van der Waals surface area contributed by atoms with E-state index in [2.05, 4.69) is 21.2 Å². The average molecular weight is 310 g/mol. The topological polar surface area (TPSA) is 34.4 Å².